The van der Waals surface area contributed by atoms with Gasteiger partial charge in [-0.3, -0.25) is 4.99 Å². The summed E-state index contributed by atoms with van der Waals surface area (Å²) in [6, 6.07) is 5.62. The number of benzene rings is 1. The van der Waals surface area contributed by atoms with Gasteiger partial charge in [-0.1, -0.05) is 6.07 Å². The zero-order valence-corrected chi connectivity index (χ0v) is 15.2. The minimum absolute atomic E-state index is 0.253. The Morgan fingerprint density at radius 3 is 2.80 bits per heavy atom. The van der Waals surface area contributed by atoms with Crippen LogP contribution in [0.5, 0.6) is 5.75 Å². The third-order valence-corrected chi connectivity index (χ3v) is 5.41. The molecule has 0 atom stereocenters. The maximum Gasteiger partial charge on any atom is 0.197 e. The van der Waals surface area contributed by atoms with Crippen molar-refractivity contribution in [2.24, 2.45) is 4.99 Å². The van der Waals surface area contributed by atoms with Crippen LogP contribution in [0.3, 0.4) is 0 Å². The zero-order chi connectivity index (χ0) is 17.2. The highest BCUT2D eigenvalue weighted by Gasteiger charge is 2.13. The van der Waals surface area contributed by atoms with Gasteiger partial charge in [0.25, 0.3) is 0 Å². The maximum absolute atomic E-state index is 10.1. The average molecular weight is 371 g/mol. The number of aromatic hydroxyl groups is 1. The Kier molecular flexibility index (Phi) is 4.37. The number of aromatic nitrogens is 2. The lowest BCUT2D eigenvalue weighted by Gasteiger charge is -2.13. The second-order valence-corrected chi connectivity index (χ2v) is 7.45. The molecule has 2 aromatic heterocycles. The molecule has 0 saturated heterocycles. The van der Waals surface area contributed by atoms with Gasteiger partial charge in [0.05, 0.1) is 5.56 Å². The molecule has 0 amide bonds. The molecule has 3 aromatic rings. The average Bonchev–Trinajstić information content (AvgIpc) is 3.25. The highest BCUT2D eigenvalue weighted by molar-refractivity contribution is 7.14. The lowest BCUT2D eigenvalue weighted by Crippen LogP contribution is -2.35. The number of hydrogen-bond donors (Lipinski definition) is 3. The summed E-state index contributed by atoms with van der Waals surface area (Å²) in [6.45, 7) is 3.72. The quantitative estimate of drug-likeness (QED) is 0.654. The van der Waals surface area contributed by atoms with Crippen molar-refractivity contribution in [3.05, 3.63) is 34.5 Å². The fourth-order valence-corrected chi connectivity index (χ4v) is 4.05. The Morgan fingerprint density at radius 1 is 1.16 bits per heavy atom. The maximum atomic E-state index is 10.1. The van der Waals surface area contributed by atoms with Crippen molar-refractivity contribution < 1.29 is 5.11 Å². The largest absolute Gasteiger partial charge is 0.507 e. The molecule has 1 aromatic carbocycles. The molecule has 0 fully saturated rings. The third kappa shape index (κ3) is 3.49. The molecule has 128 valence electrons. The van der Waals surface area contributed by atoms with Gasteiger partial charge < -0.3 is 15.7 Å². The van der Waals surface area contributed by atoms with E-state index in [0.29, 0.717) is 0 Å². The second-order valence-electron chi connectivity index (χ2n) is 5.73. The van der Waals surface area contributed by atoms with Crippen LogP contribution in [-0.2, 0) is 0 Å². The molecular weight excluding hydrogens is 354 g/mol. The van der Waals surface area contributed by atoms with Gasteiger partial charge >= 0.3 is 0 Å². The van der Waals surface area contributed by atoms with Crippen molar-refractivity contribution in [1.82, 2.24) is 15.3 Å². The smallest absolute Gasteiger partial charge is 0.197 e. The molecule has 6 nitrogen and oxygen atoms in total. The molecule has 0 bridgehead atoms. The van der Waals surface area contributed by atoms with E-state index in [2.05, 4.69) is 25.6 Å². The number of thiazole rings is 2. The molecule has 0 radical (unpaired) electrons. The number of phenols is 1. The van der Waals surface area contributed by atoms with E-state index in [1.54, 1.807) is 6.07 Å². The number of aliphatic imine (C=N–C) groups is 1. The van der Waals surface area contributed by atoms with Crippen molar-refractivity contribution in [1.29, 1.82) is 0 Å². The highest BCUT2D eigenvalue weighted by atomic mass is 32.1. The van der Waals surface area contributed by atoms with Crippen molar-refractivity contribution in [2.75, 3.05) is 18.4 Å². The van der Waals surface area contributed by atoms with Crippen LogP contribution < -0.4 is 10.6 Å². The number of aryl methyl sites for hydroxylation is 1. The number of nitrogens with zero attached hydrogens (tertiary/aromatic N) is 3. The van der Waals surface area contributed by atoms with E-state index in [1.807, 2.05) is 29.8 Å². The fourth-order valence-electron chi connectivity index (χ4n) is 2.50. The van der Waals surface area contributed by atoms with Gasteiger partial charge in [-0.2, -0.15) is 0 Å². The van der Waals surface area contributed by atoms with E-state index in [4.69, 9.17) is 0 Å². The summed E-state index contributed by atoms with van der Waals surface area (Å²) in [4.78, 5) is 13.6. The van der Waals surface area contributed by atoms with Crippen LogP contribution in [0.1, 0.15) is 12.0 Å². The third-order valence-electron chi connectivity index (χ3n) is 3.78. The molecule has 0 aliphatic carbocycles. The van der Waals surface area contributed by atoms with Crippen LogP contribution in [0.15, 0.2) is 34.0 Å². The lowest BCUT2D eigenvalue weighted by atomic mass is 10.1. The summed E-state index contributed by atoms with van der Waals surface area (Å²) in [5, 5.41) is 22.1. The summed E-state index contributed by atoms with van der Waals surface area (Å²) < 4.78 is 0. The van der Waals surface area contributed by atoms with E-state index >= 15 is 0 Å². The van der Waals surface area contributed by atoms with Crippen molar-refractivity contribution in [3.8, 4) is 27.7 Å². The van der Waals surface area contributed by atoms with Gasteiger partial charge in [0.1, 0.15) is 22.1 Å². The minimum atomic E-state index is 0.253. The van der Waals surface area contributed by atoms with Gasteiger partial charge in [0.15, 0.2) is 11.1 Å². The molecule has 1 aliphatic heterocycles. The molecule has 0 unspecified atom stereocenters. The van der Waals surface area contributed by atoms with Crippen LogP contribution in [0.25, 0.3) is 22.0 Å². The van der Waals surface area contributed by atoms with Crippen molar-refractivity contribution in [2.45, 2.75) is 13.3 Å². The molecule has 3 N–H and O–H groups in total. The second kappa shape index (κ2) is 6.81. The molecule has 3 heterocycles. The van der Waals surface area contributed by atoms with Crippen LogP contribution in [0.4, 0.5) is 5.13 Å². The summed E-state index contributed by atoms with van der Waals surface area (Å²) in [5.74, 6) is 1.03. The summed E-state index contributed by atoms with van der Waals surface area (Å²) in [6.07, 6.45) is 1.06. The number of rotatable bonds is 3. The fraction of sp³-hybridized carbons (Fsp3) is 0.235. The monoisotopic (exact) mass is 371 g/mol. The molecule has 4 rings (SSSR count). The van der Waals surface area contributed by atoms with Gasteiger partial charge in [0.2, 0.25) is 0 Å². The number of phenolic OH excluding ortho intramolecular Hbond substituents is 1. The van der Waals surface area contributed by atoms with Crippen LogP contribution in [-0.4, -0.2) is 34.1 Å². The minimum Gasteiger partial charge on any atom is -0.507 e. The number of hydrogen-bond acceptors (Lipinski definition) is 8. The summed E-state index contributed by atoms with van der Waals surface area (Å²) >= 11 is 3.02. The number of nitrogens with one attached hydrogen (secondary N) is 2. The predicted molar refractivity (Wildman–Crippen MR) is 104 cm³/mol. The summed E-state index contributed by atoms with van der Waals surface area (Å²) in [5.41, 5.74) is 3.39. The van der Waals surface area contributed by atoms with E-state index in [9.17, 15) is 5.11 Å². The van der Waals surface area contributed by atoms with E-state index in [-0.39, 0.29) is 5.75 Å². The van der Waals surface area contributed by atoms with Crippen LogP contribution in [0.2, 0.25) is 0 Å². The van der Waals surface area contributed by atoms with Crippen molar-refractivity contribution >= 4 is 33.8 Å². The predicted octanol–water partition coefficient (Wildman–Crippen LogP) is 3.71. The highest BCUT2D eigenvalue weighted by Crippen LogP contribution is 2.35. The molecule has 8 heteroatoms. The van der Waals surface area contributed by atoms with Gasteiger partial charge in [0, 0.05) is 23.8 Å². The molecule has 0 saturated carbocycles. The number of guanidine groups is 1. The zero-order valence-electron chi connectivity index (χ0n) is 13.6. The first kappa shape index (κ1) is 16.0. The standard InChI is InChI=1S/C17H17N5OS2/c1-10-3-4-11(14(23)7-10)15-20-12(8-24-15)13-9-25-17(21-13)22-16-18-5-2-6-19-16/h3-4,7-9,23H,2,5-6H2,1H3,(H2,18,19,21,22). The Hall–Kier alpha value is -2.45. The normalized spacial score (nSPS) is 14.0. The SMILES string of the molecule is Cc1ccc(-c2nc(-c3csc(NC4=NCCCN4)n3)cs2)c(O)c1. The number of anilines is 1. The Balaban J connectivity index is 1.55. The van der Waals surface area contributed by atoms with Crippen LogP contribution in [0, 0.1) is 6.92 Å². The first-order valence-electron chi connectivity index (χ1n) is 7.96. The van der Waals surface area contributed by atoms with Crippen LogP contribution >= 0.6 is 22.7 Å². The van der Waals surface area contributed by atoms with E-state index in [0.717, 1.165) is 58.1 Å². The first-order valence-corrected chi connectivity index (χ1v) is 9.72. The summed E-state index contributed by atoms with van der Waals surface area (Å²) in [7, 11) is 0. The van der Waals surface area contributed by atoms with Crippen molar-refractivity contribution in [3.63, 3.8) is 0 Å². The molecule has 25 heavy (non-hydrogen) atoms. The van der Waals surface area contributed by atoms with Gasteiger partial charge in [-0.05, 0) is 31.0 Å². The molecule has 0 spiro atoms. The Bertz CT molecular complexity index is 931. The Labute approximate surface area is 153 Å². The van der Waals surface area contributed by atoms with E-state index in [1.165, 1.54) is 22.7 Å². The van der Waals surface area contributed by atoms with E-state index < -0.39 is 0 Å². The first-order chi connectivity index (χ1) is 12.2. The topological polar surface area (TPSA) is 82.4 Å². The van der Waals surface area contributed by atoms with Gasteiger partial charge in [-0.15, -0.1) is 22.7 Å². The lowest BCUT2D eigenvalue weighted by molar-refractivity contribution is 0.477. The molecular formula is C17H17N5OS2. The van der Waals surface area contributed by atoms with Gasteiger partial charge in [-0.25, -0.2) is 9.97 Å². The molecule has 1 aliphatic rings. The Morgan fingerprint density at radius 2 is 2.00 bits per heavy atom.